The Hall–Kier alpha value is -4.33. The second kappa shape index (κ2) is 10.3. The van der Waals surface area contributed by atoms with Crippen LogP contribution in [0.2, 0.25) is 0 Å². The monoisotopic (exact) mass is 479 g/mol. The molecule has 3 aromatic carbocycles. The Labute approximate surface area is 199 Å². The number of hydrogen-bond acceptors (Lipinski definition) is 4. The molecule has 0 spiro atoms. The van der Waals surface area contributed by atoms with E-state index in [0.29, 0.717) is 0 Å². The Morgan fingerprint density at radius 1 is 0.743 bits per heavy atom. The van der Waals surface area contributed by atoms with Crippen LogP contribution in [-0.4, -0.2) is 16.1 Å². The molecule has 4 rings (SSSR count). The summed E-state index contributed by atoms with van der Waals surface area (Å²) in [6.07, 6.45) is -4.85. The lowest BCUT2D eigenvalue weighted by atomic mass is 9.95. The van der Waals surface area contributed by atoms with Gasteiger partial charge >= 0.3 is 12.1 Å². The molecular formula is C27H20F3NO4. The van der Waals surface area contributed by atoms with E-state index in [2.05, 4.69) is 4.98 Å². The van der Waals surface area contributed by atoms with Crippen LogP contribution in [-0.2, 0) is 19.4 Å². The fourth-order valence-corrected chi connectivity index (χ4v) is 3.52. The number of halogens is 3. The summed E-state index contributed by atoms with van der Waals surface area (Å²) in [6, 6.07) is 24.6. The number of nitrogens with zero attached hydrogens (tertiary/aromatic N) is 1. The number of ether oxygens (including phenoxy) is 2. The summed E-state index contributed by atoms with van der Waals surface area (Å²) in [5, 5.41) is 9.65. The van der Waals surface area contributed by atoms with Gasteiger partial charge < -0.3 is 14.6 Å². The van der Waals surface area contributed by atoms with E-state index >= 15 is 0 Å². The van der Waals surface area contributed by atoms with Gasteiger partial charge in [0.25, 0.3) is 0 Å². The lowest BCUT2D eigenvalue weighted by Crippen LogP contribution is -2.14. The van der Waals surface area contributed by atoms with E-state index in [1.54, 1.807) is 0 Å². The van der Waals surface area contributed by atoms with Gasteiger partial charge in [-0.3, -0.25) is 0 Å². The molecule has 1 heterocycles. The van der Waals surface area contributed by atoms with Gasteiger partial charge in [-0.15, -0.1) is 0 Å². The average Bonchev–Trinajstić information content (AvgIpc) is 2.86. The topological polar surface area (TPSA) is 68.7 Å². The van der Waals surface area contributed by atoms with Crippen LogP contribution in [0.25, 0.3) is 11.1 Å². The third-order valence-corrected chi connectivity index (χ3v) is 5.16. The molecular weight excluding hydrogens is 459 g/mol. The largest absolute Gasteiger partial charge is 0.478 e. The number of aromatic nitrogens is 1. The minimum Gasteiger partial charge on any atom is -0.478 e. The van der Waals surface area contributed by atoms with Gasteiger partial charge in [0.2, 0.25) is 11.8 Å². The maximum Gasteiger partial charge on any atom is 0.417 e. The summed E-state index contributed by atoms with van der Waals surface area (Å²) < 4.78 is 52.3. The number of carboxylic acid groups (broad SMARTS) is 1. The predicted molar refractivity (Wildman–Crippen MR) is 123 cm³/mol. The number of benzene rings is 3. The molecule has 0 radical (unpaired) electrons. The zero-order chi connectivity index (χ0) is 24.8. The summed E-state index contributed by atoms with van der Waals surface area (Å²) in [5.74, 6) is -1.56. The first-order valence-corrected chi connectivity index (χ1v) is 10.6. The molecule has 0 aliphatic heterocycles. The second-order valence-corrected chi connectivity index (χ2v) is 7.58. The molecule has 0 aliphatic rings. The first kappa shape index (κ1) is 23.8. The van der Waals surface area contributed by atoms with Crippen LogP contribution in [0.15, 0.2) is 91.0 Å². The van der Waals surface area contributed by atoms with Crippen molar-refractivity contribution in [1.82, 2.24) is 4.98 Å². The molecule has 1 N–H and O–H groups in total. The first-order chi connectivity index (χ1) is 16.8. The van der Waals surface area contributed by atoms with Crippen molar-refractivity contribution in [1.29, 1.82) is 0 Å². The van der Waals surface area contributed by atoms with Crippen LogP contribution in [0, 0.1) is 0 Å². The minimum atomic E-state index is -4.85. The standard InChI is InChI=1S/C27H20F3NO4/c28-27(29,30)22-13-7-12-20(24(22)26(32)33)21-14-15-23(34-16-18-8-3-1-4-9-18)31-25(21)35-17-19-10-5-2-6-11-19/h1-15H,16-17H2,(H,32,33). The van der Waals surface area contributed by atoms with Crippen LogP contribution >= 0.6 is 0 Å². The third kappa shape index (κ3) is 5.78. The van der Waals surface area contributed by atoms with E-state index in [1.165, 1.54) is 18.2 Å². The van der Waals surface area contributed by atoms with E-state index in [1.807, 2.05) is 60.7 Å². The Morgan fingerprint density at radius 3 is 1.91 bits per heavy atom. The van der Waals surface area contributed by atoms with Crippen molar-refractivity contribution in [2.75, 3.05) is 0 Å². The molecule has 0 atom stereocenters. The van der Waals surface area contributed by atoms with E-state index in [4.69, 9.17) is 9.47 Å². The lowest BCUT2D eigenvalue weighted by molar-refractivity contribution is -0.138. The Morgan fingerprint density at radius 2 is 1.34 bits per heavy atom. The smallest absolute Gasteiger partial charge is 0.417 e. The van der Waals surface area contributed by atoms with Crippen molar-refractivity contribution in [3.8, 4) is 22.9 Å². The molecule has 1 aromatic heterocycles. The highest BCUT2D eigenvalue weighted by Gasteiger charge is 2.37. The highest BCUT2D eigenvalue weighted by Crippen LogP contribution is 2.39. The molecule has 0 saturated carbocycles. The molecule has 35 heavy (non-hydrogen) atoms. The number of hydrogen-bond donors (Lipinski definition) is 1. The van der Waals surface area contributed by atoms with Gasteiger partial charge in [-0.05, 0) is 23.3 Å². The van der Waals surface area contributed by atoms with Crippen LogP contribution in [0.4, 0.5) is 13.2 Å². The first-order valence-electron chi connectivity index (χ1n) is 10.6. The second-order valence-electron chi connectivity index (χ2n) is 7.58. The Kier molecular flexibility index (Phi) is 7.01. The number of rotatable bonds is 8. The van der Waals surface area contributed by atoms with Crippen molar-refractivity contribution >= 4 is 5.97 Å². The summed E-state index contributed by atoms with van der Waals surface area (Å²) >= 11 is 0. The van der Waals surface area contributed by atoms with Crippen molar-refractivity contribution in [3.05, 3.63) is 113 Å². The molecule has 8 heteroatoms. The number of carbonyl (C=O) groups is 1. The molecule has 4 aromatic rings. The SMILES string of the molecule is O=C(O)c1c(-c2ccc(OCc3ccccc3)nc2OCc2ccccc2)cccc1C(F)(F)F. The zero-order valence-corrected chi connectivity index (χ0v) is 18.3. The summed E-state index contributed by atoms with van der Waals surface area (Å²) in [5.41, 5.74) is -0.464. The minimum absolute atomic E-state index is 0.0405. The highest BCUT2D eigenvalue weighted by molar-refractivity contribution is 5.98. The maximum absolute atomic E-state index is 13.6. The normalized spacial score (nSPS) is 11.2. The number of carboxylic acids is 1. The summed E-state index contributed by atoms with van der Waals surface area (Å²) in [4.78, 5) is 16.2. The van der Waals surface area contributed by atoms with Gasteiger partial charge in [0.1, 0.15) is 13.2 Å². The molecule has 5 nitrogen and oxygen atoms in total. The number of pyridine rings is 1. The molecule has 0 amide bonds. The number of alkyl halides is 3. The van der Waals surface area contributed by atoms with Gasteiger partial charge in [-0.25, -0.2) is 4.79 Å². The molecule has 178 valence electrons. The number of aromatic carboxylic acids is 1. The van der Waals surface area contributed by atoms with Gasteiger partial charge in [0, 0.05) is 17.2 Å². The quantitative estimate of drug-likeness (QED) is 0.307. The summed E-state index contributed by atoms with van der Waals surface area (Å²) in [6.45, 7) is 0.291. The fourth-order valence-electron chi connectivity index (χ4n) is 3.52. The van der Waals surface area contributed by atoms with Gasteiger partial charge in [-0.1, -0.05) is 72.8 Å². The van der Waals surface area contributed by atoms with Crippen molar-refractivity contribution in [2.45, 2.75) is 19.4 Å². The van der Waals surface area contributed by atoms with Gasteiger partial charge in [-0.2, -0.15) is 18.2 Å². The van der Waals surface area contributed by atoms with Crippen LogP contribution < -0.4 is 9.47 Å². The van der Waals surface area contributed by atoms with Crippen molar-refractivity contribution < 1.29 is 32.5 Å². The fraction of sp³-hybridized carbons (Fsp3) is 0.111. The van der Waals surface area contributed by atoms with E-state index in [9.17, 15) is 23.1 Å². The maximum atomic E-state index is 13.6. The van der Waals surface area contributed by atoms with Crippen LogP contribution in [0.1, 0.15) is 27.0 Å². The zero-order valence-electron chi connectivity index (χ0n) is 18.3. The lowest BCUT2D eigenvalue weighted by Gasteiger charge is -2.17. The molecule has 0 fully saturated rings. The van der Waals surface area contributed by atoms with Crippen molar-refractivity contribution in [3.63, 3.8) is 0 Å². The highest BCUT2D eigenvalue weighted by atomic mass is 19.4. The van der Waals surface area contributed by atoms with E-state index in [-0.39, 0.29) is 36.1 Å². The third-order valence-electron chi connectivity index (χ3n) is 5.16. The Balaban J connectivity index is 1.75. The average molecular weight is 479 g/mol. The van der Waals surface area contributed by atoms with Crippen molar-refractivity contribution in [2.24, 2.45) is 0 Å². The molecule has 0 bridgehead atoms. The van der Waals surface area contributed by atoms with Gasteiger partial charge in [0.05, 0.1) is 11.1 Å². The predicted octanol–water partition coefficient (Wildman–Crippen LogP) is 6.62. The molecule has 0 unspecified atom stereocenters. The van der Waals surface area contributed by atoms with Crippen LogP contribution in [0.3, 0.4) is 0 Å². The van der Waals surface area contributed by atoms with E-state index < -0.39 is 23.3 Å². The Bertz CT molecular complexity index is 1310. The van der Waals surface area contributed by atoms with Gasteiger partial charge in [0.15, 0.2) is 0 Å². The molecule has 0 saturated heterocycles. The molecule has 0 aliphatic carbocycles. The van der Waals surface area contributed by atoms with Crippen LogP contribution in [0.5, 0.6) is 11.8 Å². The van der Waals surface area contributed by atoms with E-state index in [0.717, 1.165) is 23.3 Å². The summed E-state index contributed by atoms with van der Waals surface area (Å²) in [7, 11) is 0.